The number of hydrogen-bond donors (Lipinski definition) is 2. The molecule has 0 radical (unpaired) electrons. The fourth-order valence-corrected chi connectivity index (χ4v) is 5.17. The van der Waals surface area contributed by atoms with Gasteiger partial charge in [0.05, 0.1) is 6.61 Å². The molecule has 4 N–H and O–H groups in total. The molecule has 1 aliphatic heterocycles. The second kappa shape index (κ2) is 13.6. The third-order valence-electron chi connectivity index (χ3n) is 7.16. The zero-order chi connectivity index (χ0) is 23.4. The van der Waals surface area contributed by atoms with E-state index in [0.29, 0.717) is 18.5 Å². The predicted octanol–water partition coefficient (Wildman–Crippen LogP) is 6.23. The van der Waals surface area contributed by atoms with E-state index in [1.165, 1.54) is 69.8 Å². The first-order valence-corrected chi connectivity index (χ1v) is 13.3. The van der Waals surface area contributed by atoms with Crippen LogP contribution in [0.1, 0.15) is 115 Å². The number of guanidine groups is 2. The van der Waals surface area contributed by atoms with E-state index in [9.17, 15) is 0 Å². The van der Waals surface area contributed by atoms with Gasteiger partial charge < -0.3 is 11.5 Å². The van der Waals surface area contributed by atoms with E-state index in [4.69, 9.17) is 16.3 Å². The molecule has 1 unspecified atom stereocenters. The molecule has 184 valence electrons. The molecule has 1 heterocycles. The van der Waals surface area contributed by atoms with Crippen molar-refractivity contribution in [2.24, 2.45) is 21.5 Å². The van der Waals surface area contributed by atoms with Gasteiger partial charge in [-0.15, -0.1) is 0 Å². The summed E-state index contributed by atoms with van der Waals surface area (Å²) in [5.41, 5.74) is 13.1. The lowest BCUT2D eigenvalue weighted by Crippen LogP contribution is -2.57. The molecule has 1 atom stereocenters. The Morgan fingerprint density at radius 3 is 2.15 bits per heavy atom. The van der Waals surface area contributed by atoms with E-state index >= 15 is 0 Å². The molecule has 0 bridgehead atoms. The Balaban J connectivity index is 1.19. The lowest BCUT2D eigenvalue weighted by Gasteiger charge is -2.44. The van der Waals surface area contributed by atoms with Crippen LogP contribution >= 0.6 is 0 Å². The highest BCUT2D eigenvalue weighted by atomic mass is 16.7. The molecule has 3 rings (SSSR count). The van der Waals surface area contributed by atoms with Gasteiger partial charge in [0.2, 0.25) is 11.9 Å². The molecule has 1 spiro atoms. The lowest BCUT2D eigenvalue weighted by molar-refractivity contribution is -0.177. The molecular weight excluding hydrogens is 410 g/mol. The van der Waals surface area contributed by atoms with Crippen LogP contribution in [0, 0.1) is 0 Å². The summed E-state index contributed by atoms with van der Waals surface area (Å²) < 4.78 is 0. The molecule has 2 aliphatic rings. The lowest BCUT2D eigenvalue weighted by atomic mass is 9.89. The van der Waals surface area contributed by atoms with Crippen LogP contribution in [0.25, 0.3) is 0 Å². The number of hydrogen-bond acceptors (Lipinski definition) is 6. The van der Waals surface area contributed by atoms with Crippen molar-refractivity contribution in [3.8, 4) is 0 Å². The highest BCUT2D eigenvalue weighted by molar-refractivity contribution is 5.95. The molecule has 33 heavy (non-hydrogen) atoms. The summed E-state index contributed by atoms with van der Waals surface area (Å²) >= 11 is 0. The average Bonchev–Trinajstić information content (AvgIpc) is 2.82. The van der Waals surface area contributed by atoms with E-state index in [-0.39, 0.29) is 5.96 Å². The number of hydroxylamine groups is 2. The summed E-state index contributed by atoms with van der Waals surface area (Å²) in [4.78, 5) is 14.8. The second-order valence-corrected chi connectivity index (χ2v) is 9.89. The third-order valence-corrected chi connectivity index (χ3v) is 7.16. The second-order valence-electron chi connectivity index (χ2n) is 9.89. The van der Waals surface area contributed by atoms with Crippen LogP contribution in [-0.2, 0) is 4.84 Å². The summed E-state index contributed by atoms with van der Waals surface area (Å²) in [5, 5.41) is 1.75. The van der Waals surface area contributed by atoms with Crippen LogP contribution in [0.15, 0.2) is 40.3 Å². The summed E-state index contributed by atoms with van der Waals surface area (Å²) in [6.45, 7) is 3.01. The molecular formula is C27H45N5O. The molecule has 1 saturated carbocycles. The SMILES string of the molecule is CC(CCCCCCCCCCCON1C(N)=NC(N)=NC12CCCCC2)c1ccccc1. The van der Waals surface area contributed by atoms with Crippen molar-refractivity contribution in [1.82, 2.24) is 5.06 Å². The van der Waals surface area contributed by atoms with Crippen molar-refractivity contribution in [3.05, 3.63) is 35.9 Å². The number of unbranched alkanes of at least 4 members (excludes halogenated alkanes) is 8. The molecule has 1 aromatic rings. The maximum Gasteiger partial charge on any atom is 0.226 e. The van der Waals surface area contributed by atoms with Crippen molar-refractivity contribution < 1.29 is 4.84 Å². The summed E-state index contributed by atoms with van der Waals surface area (Å²) in [7, 11) is 0. The Hall–Kier alpha value is -2.08. The molecule has 1 aromatic carbocycles. The van der Waals surface area contributed by atoms with Gasteiger partial charge in [-0.2, -0.15) is 10.1 Å². The topological polar surface area (TPSA) is 89.2 Å². The minimum absolute atomic E-state index is 0.278. The summed E-state index contributed by atoms with van der Waals surface area (Å²) in [6.07, 6.45) is 18.2. The monoisotopic (exact) mass is 455 g/mol. The highest BCUT2D eigenvalue weighted by Gasteiger charge is 2.42. The Morgan fingerprint density at radius 2 is 1.48 bits per heavy atom. The highest BCUT2D eigenvalue weighted by Crippen LogP contribution is 2.36. The van der Waals surface area contributed by atoms with Gasteiger partial charge in [0, 0.05) is 0 Å². The van der Waals surface area contributed by atoms with Gasteiger partial charge in [0.1, 0.15) is 0 Å². The van der Waals surface area contributed by atoms with E-state index in [2.05, 4.69) is 47.2 Å². The largest absolute Gasteiger partial charge is 0.368 e. The van der Waals surface area contributed by atoms with E-state index in [0.717, 1.165) is 32.1 Å². The normalized spacial score (nSPS) is 18.8. The van der Waals surface area contributed by atoms with Crippen molar-refractivity contribution >= 4 is 11.9 Å². The van der Waals surface area contributed by atoms with Crippen LogP contribution < -0.4 is 11.5 Å². The van der Waals surface area contributed by atoms with Crippen LogP contribution in [0.2, 0.25) is 0 Å². The number of nitrogens with zero attached hydrogens (tertiary/aromatic N) is 3. The van der Waals surface area contributed by atoms with Gasteiger partial charge in [-0.3, -0.25) is 4.84 Å². The summed E-state index contributed by atoms with van der Waals surface area (Å²) in [5.74, 6) is 1.31. The van der Waals surface area contributed by atoms with Crippen molar-refractivity contribution in [3.63, 3.8) is 0 Å². The number of benzene rings is 1. The third kappa shape index (κ3) is 8.02. The van der Waals surface area contributed by atoms with Gasteiger partial charge in [-0.25, -0.2) is 4.99 Å². The van der Waals surface area contributed by atoms with Crippen molar-refractivity contribution in [2.45, 2.75) is 115 Å². The fourth-order valence-electron chi connectivity index (χ4n) is 5.17. The van der Waals surface area contributed by atoms with Gasteiger partial charge in [0.25, 0.3) is 0 Å². The van der Waals surface area contributed by atoms with E-state index in [1.54, 1.807) is 5.06 Å². The summed E-state index contributed by atoms with van der Waals surface area (Å²) in [6, 6.07) is 10.9. The standard InChI is InChI=1S/C27H45N5O/c1-23(24-18-12-9-13-19-24)17-11-7-5-3-2-4-6-8-16-22-33-32-26(29)30-25(28)31-27(32)20-14-10-15-21-27/h9,12-13,18-19,23H,2-8,10-11,14-17,20-22H2,1H3,(H4,28,29,30,31). The molecule has 1 fully saturated rings. The quantitative estimate of drug-likeness (QED) is 0.325. The molecule has 6 heteroatoms. The number of aliphatic imine (C=N–C) groups is 2. The van der Waals surface area contributed by atoms with Crippen LogP contribution in [-0.4, -0.2) is 29.3 Å². The zero-order valence-corrected chi connectivity index (χ0v) is 20.7. The molecule has 1 aliphatic carbocycles. The van der Waals surface area contributed by atoms with E-state index < -0.39 is 5.66 Å². The Labute approximate surface area is 200 Å². The molecule has 0 amide bonds. The van der Waals surface area contributed by atoms with E-state index in [1.807, 2.05) is 0 Å². The van der Waals surface area contributed by atoms with Gasteiger partial charge >= 0.3 is 0 Å². The predicted molar refractivity (Wildman–Crippen MR) is 138 cm³/mol. The zero-order valence-electron chi connectivity index (χ0n) is 20.7. The minimum atomic E-state index is -0.437. The average molecular weight is 456 g/mol. The first-order chi connectivity index (χ1) is 16.1. The first kappa shape index (κ1) is 25.5. The van der Waals surface area contributed by atoms with Gasteiger partial charge in [-0.1, -0.05) is 95.0 Å². The first-order valence-electron chi connectivity index (χ1n) is 13.3. The van der Waals surface area contributed by atoms with Crippen LogP contribution in [0.3, 0.4) is 0 Å². The van der Waals surface area contributed by atoms with Crippen molar-refractivity contribution in [2.75, 3.05) is 6.61 Å². The number of nitrogens with two attached hydrogens (primary N) is 2. The maximum absolute atomic E-state index is 6.14. The maximum atomic E-state index is 6.14. The Kier molecular flexibility index (Phi) is 10.5. The minimum Gasteiger partial charge on any atom is -0.368 e. The molecule has 6 nitrogen and oxygen atoms in total. The van der Waals surface area contributed by atoms with Gasteiger partial charge in [0.15, 0.2) is 5.66 Å². The molecule has 0 aromatic heterocycles. The van der Waals surface area contributed by atoms with Crippen LogP contribution in [0.5, 0.6) is 0 Å². The molecule has 0 saturated heterocycles. The Morgan fingerprint density at radius 1 is 0.879 bits per heavy atom. The fraction of sp³-hybridized carbons (Fsp3) is 0.704. The van der Waals surface area contributed by atoms with Crippen LogP contribution in [0.4, 0.5) is 0 Å². The van der Waals surface area contributed by atoms with Crippen molar-refractivity contribution in [1.29, 1.82) is 0 Å². The van der Waals surface area contributed by atoms with Gasteiger partial charge in [-0.05, 0) is 50.0 Å². The Bertz CT molecular complexity index is 742. The number of rotatable bonds is 14. The smallest absolute Gasteiger partial charge is 0.226 e.